The van der Waals surface area contributed by atoms with Gasteiger partial charge in [-0.25, -0.2) is 4.98 Å². The minimum Gasteiger partial charge on any atom is -0.343 e. The number of hydrogen-bond acceptors (Lipinski definition) is 3. The second kappa shape index (κ2) is 6.01. The van der Waals surface area contributed by atoms with Gasteiger partial charge >= 0.3 is 0 Å². The van der Waals surface area contributed by atoms with E-state index in [0.717, 1.165) is 40.7 Å². The Morgan fingerprint density at radius 2 is 1.74 bits per heavy atom. The van der Waals surface area contributed by atoms with Gasteiger partial charge in [0.15, 0.2) is 5.13 Å². The van der Waals surface area contributed by atoms with Crippen molar-refractivity contribution < 1.29 is 0 Å². The number of rotatable bonds is 3. The van der Waals surface area contributed by atoms with Crippen molar-refractivity contribution in [3.8, 4) is 0 Å². The van der Waals surface area contributed by atoms with Crippen LogP contribution in [0.1, 0.15) is 21.6 Å². The lowest BCUT2D eigenvalue weighted by atomic mass is 10.0. The predicted octanol–water partition coefficient (Wildman–Crippen LogP) is 4.77. The first-order chi connectivity index (χ1) is 11.3. The molecule has 0 spiro atoms. The highest BCUT2D eigenvalue weighted by atomic mass is 32.1. The average Bonchev–Trinajstić information content (AvgIpc) is 3.11. The summed E-state index contributed by atoms with van der Waals surface area (Å²) in [4.78, 5) is 8.16. The van der Waals surface area contributed by atoms with Gasteiger partial charge in [-0.05, 0) is 28.7 Å². The molecule has 0 saturated carbocycles. The first kappa shape index (κ1) is 14.2. The molecule has 1 aliphatic rings. The van der Waals surface area contributed by atoms with Crippen molar-refractivity contribution in [3.05, 3.63) is 88.9 Å². The quantitative estimate of drug-likeness (QED) is 0.691. The second-order valence-electron chi connectivity index (χ2n) is 5.79. The number of aromatic nitrogens is 1. The van der Waals surface area contributed by atoms with Crippen molar-refractivity contribution in [2.24, 2.45) is 0 Å². The average molecular weight is 318 g/mol. The van der Waals surface area contributed by atoms with Crippen LogP contribution in [0.15, 0.2) is 67.4 Å². The van der Waals surface area contributed by atoms with E-state index in [9.17, 15) is 0 Å². The van der Waals surface area contributed by atoms with Crippen LogP contribution in [0.3, 0.4) is 0 Å². The third-order valence-corrected chi connectivity index (χ3v) is 5.43. The SMILES string of the molecule is C=C(c1ccccc1)c1cnc(N2CCc3ccccc3C2)s1. The van der Waals surface area contributed by atoms with E-state index < -0.39 is 0 Å². The minimum atomic E-state index is 0.945. The number of fused-ring (bicyclic) bond motifs is 1. The molecule has 0 atom stereocenters. The van der Waals surface area contributed by atoms with Gasteiger partial charge in [0, 0.05) is 19.3 Å². The van der Waals surface area contributed by atoms with Crippen LogP contribution in [0, 0.1) is 0 Å². The smallest absolute Gasteiger partial charge is 0.186 e. The van der Waals surface area contributed by atoms with Crippen LogP contribution in [-0.4, -0.2) is 11.5 Å². The van der Waals surface area contributed by atoms with Crippen LogP contribution >= 0.6 is 11.3 Å². The summed E-state index contributed by atoms with van der Waals surface area (Å²) in [7, 11) is 0. The van der Waals surface area contributed by atoms with Gasteiger partial charge in [0.2, 0.25) is 0 Å². The molecular formula is C20H18N2S. The zero-order valence-corrected chi connectivity index (χ0v) is 13.7. The Bertz CT molecular complexity index is 836. The molecule has 0 aliphatic carbocycles. The van der Waals surface area contributed by atoms with E-state index in [1.165, 1.54) is 11.1 Å². The zero-order chi connectivity index (χ0) is 15.6. The Morgan fingerprint density at radius 1 is 1.00 bits per heavy atom. The Labute approximate surface area is 140 Å². The summed E-state index contributed by atoms with van der Waals surface area (Å²) in [6.07, 6.45) is 3.04. The molecule has 1 aromatic heterocycles. The Morgan fingerprint density at radius 3 is 2.57 bits per heavy atom. The van der Waals surface area contributed by atoms with Gasteiger partial charge in [-0.3, -0.25) is 0 Å². The van der Waals surface area contributed by atoms with E-state index >= 15 is 0 Å². The van der Waals surface area contributed by atoms with Crippen LogP contribution < -0.4 is 4.90 Å². The van der Waals surface area contributed by atoms with Crippen molar-refractivity contribution in [2.45, 2.75) is 13.0 Å². The predicted molar refractivity (Wildman–Crippen MR) is 97.9 cm³/mol. The summed E-state index contributed by atoms with van der Waals surface area (Å²) in [5.41, 5.74) is 5.09. The fourth-order valence-corrected chi connectivity index (χ4v) is 3.92. The van der Waals surface area contributed by atoms with Gasteiger partial charge in [0.05, 0.1) is 4.88 Å². The van der Waals surface area contributed by atoms with Gasteiger partial charge in [-0.15, -0.1) is 0 Å². The van der Waals surface area contributed by atoms with Crippen LogP contribution in [0.5, 0.6) is 0 Å². The number of thiazole rings is 1. The molecule has 2 nitrogen and oxygen atoms in total. The van der Waals surface area contributed by atoms with Crippen molar-refractivity contribution in [1.82, 2.24) is 4.98 Å². The van der Waals surface area contributed by atoms with Crippen molar-refractivity contribution in [3.63, 3.8) is 0 Å². The lowest BCUT2D eigenvalue weighted by Crippen LogP contribution is -2.30. The van der Waals surface area contributed by atoms with Gasteiger partial charge in [0.25, 0.3) is 0 Å². The summed E-state index contributed by atoms with van der Waals surface area (Å²) in [5.74, 6) is 0. The maximum atomic E-state index is 4.64. The molecule has 3 aromatic rings. The Kier molecular flexibility index (Phi) is 3.72. The molecule has 0 unspecified atom stereocenters. The molecule has 0 bridgehead atoms. The molecule has 0 saturated heterocycles. The molecule has 0 amide bonds. The summed E-state index contributed by atoms with van der Waals surface area (Å²) in [5, 5.41) is 1.09. The fourth-order valence-electron chi connectivity index (χ4n) is 2.99. The van der Waals surface area contributed by atoms with E-state index in [-0.39, 0.29) is 0 Å². The second-order valence-corrected chi connectivity index (χ2v) is 6.80. The molecule has 114 valence electrons. The molecule has 0 N–H and O–H groups in total. The molecular weight excluding hydrogens is 300 g/mol. The first-order valence-electron chi connectivity index (χ1n) is 7.83. The molecule has 2 aromatic carbocycles. The maximum absolute atomic E-state index is 4.64. The lowest BCUT2D eigenvalue weighted by molar-refractivity contribution is 0.729. The number of nitrogens with zero attached hydrogens (tertiary/aromatic N) is 2. The van der Waals surface area contributed by atoms with Crippen molar-refractivity contribution in [2.75, 3.05) is 11.4 Å². The van der Waals surface area contributed by atoms with Crippen LogP contribution in [0.4, 0.5) is 5.13 Å². The van der Waals surface area contributed by atoms with Gasteiger partial charge in [-0.1, -0.05) is 72.5 Å². The molecule has 0 fully saturated rings. The van der Waals surface area contributed by atoms with Crippen LogP contribution in [-0.2, 0) is 13.0 Å². The molecule has 3 heteroatoms. The number of anilines is 1. The normalized spacial score (nSPS) is 13.7. The number of hydrogen-bond donors (Lipinski definition) is 0. The summed E-state index contributed by atoms with van der Waals surface area (Å²) in [6.45, 7) is 6.22. The Hall–Kier alpha value is -2.39. The molecule has 23 heavy (non-hydrogen) atoms. The van der Waals surface area contributed by atoms with E-state index in [4.69, 9.17) is 0 Å². The lowest BCUT2D eigenvalue weighted by Gasteiger charge is -2.28. The highest BCUT2D eigenvalue weighted by molar-refractivity contribution is 7.16. The van der Waals surface area contributed by atoms with Gasteiger partial charge in [0.1, 0.15) is 0 Å². The van der Waals surface area contributed by atoms with E-state index in [0.29, 0.717) is 0 Å². The molecule has 1 aliphatic heterocycles. The standard InChI is InChI=1S/C20H18N2S/c1-15(16-7-3-2-4-8-16)19-13-21-20(23-19)22-12-11-17-9-5-6-10-18(17)14-22/h2-10,13H,1,11-12,14H2. The van der Waals surface area contributed by atoms with E-state index in [1.807, 2.05) is 24.4 Å². The Balaban J connectivity index is 1.56. The highest BCUT2D eigenvalue weighted by Crippen LogP contribution is 2.33. The van der Waals surface area contributed by atoms with Crippen molar-refractivity contribution >= 4 is 22.0 Å². The van der Waals surface area contributed by atoms with Crippen LogP contribution in [0.2, 0.25) is 0 Å². The van der Waals surface area contributed by atoms with Gasteiger partial charge < -0.3 is 4.90 Å². The molecule has 4 rings (SSSR count). The highest BCUT2D eigenvalue weighted by Gasteiger charge is 2.19. The monoisotopic (exact) mass is 318 g/mol. The van der Waals surface area contributed by atoms with Crippen LogP contribution in [0.25, 0.3) is 5.57 Å². The summed E-state index contributed by atoms with van der Waals surface area (Å²) < 4.78 is 0. The summed E-state index contributed by atoms with van der Waals surface area (Å²) in [6, 6.07) is 19.0. The number of benzene rings is 2. The largest absolute Gasteiger partial charge is 0.343 e. The molecule has 2 heterocycles. The zero-order valence-electron chi connectivity index (χ0n) is 12.9. The van der Waals surface area contributed by atoms with E-state index in [1.54, 1.807) is 11.3 Å². The van der Waals surface area contributed by atoms with Crippen molar-refractivity contribution in [1.29, 1.82) is 0 Å². The minimum absolute atomic E-state index is 0.945. The third-order valence-electron chi connectivity index (χ3n) is 4.31. The third kappa shape index (κ3) is 2.80. The topological polar surface area (TPSA) is 16.1 Å². The van der Waals surface area contributed by atoms with E-state index in [2.05, 4.69) is 52.9 Å². The maximum Gasteiger partial charge on any atom is 0.186 e. The fraction of sp³-hybridized carbons (Fsp3) is 0.150. The van der Waals surface area contributed by atoms with Gasteiger partial charge in [-0.2, -0.15) is 0 Å². The molecule has 0 radical (unpaired) electrons. The summed E-state index contributed by atoms with van der Waals surface area (Å²) >= 11 is 1.73. The first-order valence-corrected chi connectivity index (χ1v) is 8.65.